The number of carbonyl (C=O) groups excluding carboxylic acids is 2. The zero-order valence-electron chi connectivity index (χ0n) is 15.9. The van der Waals surface area contributed by atoms with E-state index in [9.17, 15) is 18.4 Å². The van der Waals surface area contributed by atoms with Gasteiger partial charge in [-0.25, -0.2) is 8.78 Å². The van der Waals surface area contributed by atoms with Gasteiger partial charge in [-0.1, -0.05) is 24.3 Å². The summed E-state index contributed by atoms with van der Waals surface area (Å²) in [6.45, 7) is 4.63. The van der Waals surface area contributed by atoms with E-state index in [1.54, 1.807) is 34.9 Å². The van der Waals surface area contributed by atoms with Gasteiger partial charge in [-0.05, 0) is 36.2 Å². The number of halogens is 2. The van der Waals surface area contributed by atoms with Gasteiger partial charge in [0, 0.05) is 38.4 Å². The number of hydrogen-bond acceptors (Lipinski definition) is 2. The zero-order chi connectivity index (χ0) is 20.0. The second-order valence-electron chi connectivity index (χ2n) is 7.74. The second kappa shape index (κ2) is 7.00. The molecule has 2 aromatic rings. The van der Waals surface area contributed by atoms with E-state index >= 15 is 0 Å². The van der Waals surface area contributed by atoms with Crippen molar-refractivity contribution in [2.24, 2.45) is 11.8 Å². The van der Waals surface area contributed by atoms with Crippen LogP contribution in [0.15, 0.2) is 42.5 Å². The van der Waals surface area contributed by atoms with Crippen molar-refractivity contribution in [3.63, 3.8) is 0 Å². The molecule has 2 aliphatic heterocycles. The van der Waals surface area contributed by atoms with Crippen molar-refractivity contribution in [2.75, 3.05) is 19.6 Å². The molecule has 28 heavy (non-hydrogen) atoms. The van der Waals surface area contributed by atoms with E-state index in [-0.39, 0.29) is 41.1 Å². The number of amides is 2. The molecule has 2 amide bonds. The first kappa shape index (κ1) is 18.6. The summed E-state index contributed by atoms with van der Waals surface area (Å²) in [6, 6.07) is 10.6. The van der Waals surface area contributed by atoms with E-state index in [2.05, 4.69) is 0 Å². The Bertz CT molecular complexity index is 926. The van der Waals surface area contributed by atoms with Crippen LogP contribution in [0.2, 0.25) is 0 Å². The van der Waals surface area contributed by atoms with Crippen LogP contribution >= 0.6 is 0 Å². The van der Waals surface area contributed by atoms with E-state index in [0.29, 0.717) is 25.2 Å². The van der Waals surface area contributed by atoms with Gasteiger partial charge in [0.05, 0.1) is 11.6 Å². The molecule has 0 saturated carbocycles. The fourth-order valence-electron chi connectivity index (χ4n) is 4.71. The van der Waals surface area contributed by atoms with Crippen LogP contribution in [0.5, 0.6) is 0 Å². The fraction of sp³-hybridized carbons (Fsp3) is 0.364. The number of nitrogens with zero attached hydrogens (tertiary/aromatic N) is 2. The SMILES string of the molecule is CC(=O)N1C[C@H]2CN(C(=O)c3c(C)cccc3F)C[C@H]2[C@H]1c1cccc(F)c1. The standard InChI is InChI=1S/C22H22F2N2O2/c1-13-5-3-8-19(24)20(13)22(28)25-10-16-11-26(14(2)27)21(18(16)12-25)15-6-4-7-17(23)9-15/h3-9,16,18,21H,10-12H2,1-2H3/t16-,18-,21-/m1/s1. The minimum atomic E-state index is -0.519. The Labute approximate surface area is 162 Å². The molecule has 2 saturated heterocycles. The van der Waals surface area contributed by atoms with Gasteiger partial charge >= 0.3 is 0 Å². The summed E-state index contributed by atoms with van der Waals surface area (Å²) in [4.78, 5) is 28.6. The maximum absolute atomic E-state index is 14.3. The van der Waals surface area contributed by atoms with Gasteiger partial charge < -0.3 is 9.80 Å². The molecule has 0 spiro atoms. The molecular weight excluding hydrogens is 362 g/mol. The van der Waals surface area contributed by atoms with Crippen molar-refractivity contribution in [2.45, 2.75) is 19.9 Å². The lowest BCUT2D eigenvalue weighted by Gasteiger charge is -2.29. The number of likely N-dealkylation sites (tertiary alicyclic amines) is 2. The molecular formula is C22H22F2N2O2. The van der Waals surface area contributed by atoms with Crippen LogP contribution in [0.4, 0.5) is 8.78 Å². The Kier molecular flexibility index (Phi) is 4.65. The van der Waals surface area contributed by atoms with Crippen molar-refractivity contribution in [3.05, 3.63) is 70.8 Å². The molecule has 0 aliphatic carbocycles. The smallest absolute Gasteiger partial charge is 0.257 e. The molecule has 0 aromatic heterocycles. The quantitative estimate of drug-likeness (QED) is 0.794. The van der Waals surface area contributed by atoms with E-state index < -0.39 is 5.82 Å². The molecule has 2 aromatic carbocycles. The average molecular weight is 384 g/mol. The Morgan fingerprint density at radius 3 is 2.46 bits per heavy atom. The molecule has 4 nitrogen and oxygen atoms in total. The lowest BCUT2D eigenvalue weighted by molar-refractivity contribution is -0.130. The molecule has 0 radical (unpaired) electrons. The van der Waals surface area contributed by atoms with Crippen LogP contribution in [0.25, 0.3) is 0 Å². The van der Waals surface area contributed by atoms with Crippen molar-refractivity contribution >= 4 is 11.8 Å². The number of hydrogen-bond donors (Lipinski definition) is 0. The topological polar surface area (TPSA) is 40.6 Å². The van der Waals surface area contributed by atoms with Crippen LogP contribution in [0, 0.1) is 30.4 Å². The van der Waals surface area contributed by atoms with Gasteiger partial charge in [-0.15, -0.1) is 0 Å². The summed E-state index contributed by atoms with van der Waals surface area (Å²) in [5, 5.41) is 0. The van der Waals surface area contributed by atoms with Crippen LogP contribution in [-0.4, -0.2) is 41.2 Å². The normalized spacial score (nSPS) is 23.8. The van der Waals surface area contributed by atoms with Gasteiger partial charge in [0.1, 0.15) is 11.6 Å². The highest BCUT2D eigenvalue weighted by Crippen LogP contribution is 2.45. The first-order valence-corrected chi connectivity index (χ1v) is 9.44. The third-order valence-electron chi connectivity index (χ3n) is 5.98. The largest absolute Gasteiger partial charge is 0.338 e. The Morgan fingerprint density at radius 1 is 1.04 bits per heavy atom. The lowest BCUT2D eigenvalue weighted by Crippen LogP contribution is -2.37. The van der Waals surface area contributed by atoms with Crippen LogP contribution in [0.1, 0.15) is 34.5 Å². The number of rotatable bonds is 2. The second-order valence-corrected chi connectivity index (χ2v) is 7.74. The molecule has 0 bridgehead atoms. The van der Waals surface area contributed by atoms with Crippen molar-refractivity contribution in [3.8, 4) is 0 Å². The minimum absolute atomic E-state index is 0.00160. The molecule has 2 fully saturated rings. The Hall–Kier alpha value is -2.76. The Balaban J connectivity index is 1.63. The first-order valence-electron chi connectivity index (χ1n) is 9.44. The molecule has 0 unspecified atom stereocenters. The fourth-order valence-corrected chi connectivity index (χ4v) is 4.71. The third-order valence-corrected chi connectivity index (χ3v) is 5.98. The summed E-state index contributed by atoms with van der Waals surface area (Å²) in [7, 11) is 0. The molecule has 146 valence electrons. The Morgan fingerprint density at radius 2 is 1.79 bits per heavy atom. The van der Waals surface area contributed by atoms with E-state index in [1.807, 2.05) is 6.07 Å². The minimum Gasteiger partial charge on any atom is -0.338 e. The molecule has 3 atom stereocenters. The highest BCUT2D eigenvalue weighted by atomic mass is 19.1. The highest BCUT2D eigenvalue weighted by Gasteiger charge is 2.49. The summed E-state index contributed by atoms with van der Waals surface area (Å²) < 4.78 is 28.1. The van der Waals surface area contributed by atoms with Crippen molar-refractivity contribution < 1.29 is 18.4 Å². The van der Waals surface area contributed by atoms with Crippen LogP contribution in [-0.2, 0) is 4.79 Å². The highest BCUT2D eigenvalue weighted by molar-refractivity contribution is 5.96. The van der Waals surface area contributed by atoms with Crippen molar-refractivity contribution in [1.82, 2.24) is 9.80 Å². The van der Waals surface area contributed by atoms with Crippen LogP contribution in [0.3, 0.4) is 0 Å². The van der Waals surface area contributed by atoms with E-state index in [1.165, 1.54) is 25.1 Å². The summed E-state index contributed by atoms with van der Waals surface area (Å²) in [5.74, 6) is -1.16. The molecule has 2 heterocycles. The summed E-state index contributed by atoms with van der Waals surface area (Å²) in [5.41, 5.74) is 1.45. The average Bonchev–Trinajstić information content (AvgIpc) is 3.19. The van der Waals surface area contributed by atoms with Gasteiger partial charge in [0.15, 0.2) is 0 Å². The first-order chi connectivity index (χ1) is 13.4. The molecule has 6 heteroatoms. The molecule has 0 N–H and O–H groups in total. The van der Waals surface area contributed by atoms with Gasteiger partial charge in [-0.2, -0.15) is 0 Å². The number of fused-ring (bicyclic) bond motifs is 1. The summed E-state index contributed by atoms with van der Waals surface area (Å²) >= 11 is 0. The van der Waals surface area contributed by atoms with Gasteiger partial charge in [0.25, 0.3) is 5.91 Å². The molecule has 2 aliphatic rings. The predicted octanol–water partition coefficient (Wildman–Crippen LogP) is 3.56. The monoisotopic (exact) mass is 384 g/mol. The maximum atomic E-state index is 14.3. The predicted molar refractivity (Wildman–Crippen MR) is 101 cm³/mol. The van der Waals surface area contributed by atoms with E-state index in [0.717, 1.165) is 5.56 Å². The number of aryl methyl sites for hydroxylation is 1. The lowest BCUT2D eigenvalue weighted by atomic mass is 9.89. The number of benzene rings is 2. The third kappa shape index (κ3) is 3.07. The van der Waals surface area contributed by atoms with Crippen molar-refractivity contribution in [1.29, 1.82) is 0 Å². The number of carbonyl (C=O) groups is 2. The summed E-state index contributed by atoms with van der Waals surface area (Å²) in [6.07, 6.45) is 0. The van der Waals surface area contributed by atoms with Gasteiger partial charge in [0.2, 0.25) is 5.91 Å². The van der Waals surface area contributed by atoms with Gasteiger partial charge in [-0.3, -0.25) is 9.59 Å². The maximum Gasteiger partial charge on any atom is 0.257 e. The molecule has 4 rings (SSSR count). The zero-order valence-corrected chi connectivity index (χ0v) is 15.9. The van der Waals surface area contributed by atoms with E-state index in [4.69, 9.17) is 0 Å². The van der Waals surface area contributed by atoms with Crippen LogP contribution < -0.4 is 0 Å².